The van der Waals surface area contributed by atoms with Gasteiger partial charge in [-0.3, -0.25) is 14.2 Å². The van der Waals surface area contributed by atoms with Crippen LogP contribution in [0.5, 0.6) is 0 Å². The summed E-state index contributed by atoms with van der Waals surface area (Å²) in [6, 6.07) is 5.05. The Hall–Kier alpha value is -1.95. The molecule has 0 aliphatic carbocycles. The van der Waals surface area contributed by atoms with Crippen LogP contribution in [0.1, 0.15) is 31.1 Å². The van der Waals surface area contributed by atoms with Crippen LogP contribution in [0.15, 0.2) is 23.0 Å². The number of fused-ring (bicyclic) bond motifs is 1. The van der Waals surface area contributed by atoms with Crippen molar-refractivity contribution in [2.45, 2.75) is 26.8 Å². The Morgan fingerprint density at radius 2 is 2.00 bits per heavy atom. The first kappa shape index (κ1) is 15.4. The van der Waals surface area contributed by atoms with Crippen LogP contribution in [0, 0.1) is 10.7 Å². The Labute approximate surface area is 128 Å². The summed E-state index contributed by atoms with van der Waals surface area (Å²) in [6.07, 6.45) is 0. The fourth-order valence-electron chi connectivity index (χ4n) is 1.90. The van der Waals surface area contributed by atoms with E-state index >= 15 is 0 Å². The number of aromatic nitrogens is 2. The molecule has 0 saturated carbocycles. The second-order valence-corrected chi connectivity index (χ2v) is 5.95. The van der Waals surface area contributed by atoms with E-state index in [2.05, 4.69) is 10.3 Å². The number of carbonyl (C=O) groups excluding carboxylic acids is 1. The zero-order valence-electron chi connectivity index (χ0n) is 12.6. The van der Waals surface area contributed by atoms with Crippen LogP contribution in [0.4, 0.5) is 0 Å². The molecule has 112 valence electrons. The molecular weight excluding hydrogens is 286 g/mol. The van der Waals surface area contributed by atoms with Gasteiger partial charge in [-0.25, -0.2) is 0 Å². The van der Waals surface area contributed by atoms with Crippen molar-refractivity contribution in [3.8, 4) is 0 Å². The molecule has 0 bridgehead atoms. The summed E-state index contributed by atoms with van der Waals surface area (Å²) < 4.78 is 1.71. The molecule has 6 heteroatoms. The minimum absolute atomic E-state index is 0.0790. The predicted molar refractivity (Wildman–Crippen MR) is 86.1 cm³/mol. The summed E-state index contributed by atoms with van der Waals surface area (Å²) in [6.45, 7) is 6.06. The number of hydrogen-bond donors (Lipinski definition) is 2. The van der Waals surface area contributed by atoms with Crippen molar-refractivity contribution in [3.05, 3.63) is 38.9 Å². The van der Waals surface area contributed by atoms with Gasteiger partial charge in [0.15, 0.2) is 4.77 Å². The van der Waals surface area contributed by atoms with E-state index in [1.807, 2.05) is 20.8 Å². The van der Waals surface area contributed by atoms with E-state index < -0.39 is 0 Å². The molecule has 21 heavy (non-hydrogen) atoms. The molecule has 1 aromatic carbocycles. The molecule has 0 unspecified atom stereocenters. The van der Waals surface area contributed by atoms with Crippen molar-refractivity contribution in [2.75, 3.05) is 0 Å². The van der Waals surface area contributed by atoms with Crippen molar-refractivity contribution >= 4 is 29.0 Å². The van der Waals surface area contributed by atoms with Gasteiger partial charge in [0.1, 0.15) is 0 Å². The van der Waals surface area contributed by atoms with Gasteiger partial charge in [-0.15, -0.1) is 0 Å². The normalized spacial score (nSPS) is 12.6. The average Bonchev–Trinajstić information content (AvgIpc) is 2.44. The first-order valence-corrected chi connectivity index (χ1v) is 7.26. The van der Waals surface area contributed by atoms with E-state index in [4.69, 9.17) is 12.2 Å². The number of nitrogens with one attached hydrogen (secondary N) is 2. The summed E-state index contributed by atoms with van der Waals surface area (Å²) in [5.41, 5.74) is 0.915. The molecule has 1 atom stereocenters. The van der Waals surface area contributed by atoms with Crippen molar-refractivity contribution in [1.82, 2.24) is 14.9 Å². The van der Waals surface area contributed by atoms with E-state index in [-0.39, 0.29) is 17.5 Å². The molecular formula is C15H19N3O2S. The minimum Gasteiger partial charge on any atom is -0.349 e. The lowest BCUT2D eigenvalue weighted by Gasteiger charge is -2.17. The van der Waals surface area contributed by atoms with Crippen molar-refractivity contribution < 1.29 is 4.79 Å². The van der Waals surface area contributed by atoms with Gasteiger partial charge in [-0.2, -0.15) is 0 Å². The number of nitrogens with zero attached hydrogens (tertiary/aromatic N) is 1. The second-order valence-electron chi connectivity index (χ2n) is 5.56. The highest BCUT2D eigenvalue weighted by molar-refractivity contribution is 7.71. The molecule has 0 radical (unpaired) electrons. The van der Waals surface area contributed by atoms with E-state index in [0.717, 1.165) is 0 Å². The quantitative estimate of drug-likeness (QED) is 0.856. The second kappa shape index (κ2) is 5.81. The highest BCUT2D eigenvalue weighted by Gasteiger charge is 2.13. The lowest BCUT2D eigenvalue weighted by atomic mass is 10.1. The molecule has 1 aromatic heterocycles. The third-order valence-corrected chi connectivity index (χ3v) is 4.10. The molecule has 2 aromatic rings. The highest BCUT2D eigenvalue weighted by Crippen LogP contribution is 2.11. The van der Waals surface area contributed by atoms with Gasteiger partial charge in [-0.05, 0) is 43.3 Å². The summed E-state index contributed by atoms with van der Waals surface area (Å²) >= 11 is 5.09. The third kappa shape index (κ3) is 3.05. The summed E-state index contributed by atoms with van der Waals surface area (Å²) in [7, 11) is 1.62. The highest BCUT2D eigenvalue weighted by atomic mass is 32.1. The van der Waals surface area contributed by atoms with Gasteiger partial charge in [0.05, 0.1) is 10.9 Å². The first-order valence-electron chi connectivity index (χ1n) is 6.85. The Bertz CT molecular complexity index is 805. The van der Waals surface area contributed by atoms with Crippen LogP contribution in [0.3, 0.4) is 0 Å². The van der Waals surface area contributed by atoms with Crippen LogP contribution in [-0.2, 0) is 7.05 Å². The standard InChI is InChI=1S/C15H19N3O2S/c1-8(2)9(3)16-13(19)10-5-6-11-12(7-10)17-15(21)18(4)14(11)20/h5-9H,1-4H3,(H,16,19)(H,17,21)/t9-/m0/s1. The maximum absolute atomic E-state index is 12.2. The zero-order valence-corrected chi connectivity index (χ0v) is 13.4. The molecule has 0 aliphatic rings. The molecule has 1 heterocycles. The van der Waals surface area contributed by atoms with Crippen molar-refractivity contribution in [1.29, 1.82) is 0 Å². The van der Waals surface area contributed by atoms with Gasteiger partial charge in [0.25, 0.3) is 11.5 Å². The Morgan fingerprint density at radius 3 is 2.62 bits per heavy atom. The van der Waals surface area contributed by atoms with Crippen LogP contribution in [-0.4, -0.2) is 21.5 Å². The summed E-state index contributed by atoms with van der Waals surface area (Å²) in [4.78, 5) is 27.2. The van der Waals surface area contributed by atoms with Crippen molar-refractivity contribution in [2.24, 2.45) is 13.0 Å². The average molecular weight is 305 g/mol. The smallest absolute Gasteiger partial charge is 0.261 e. The first-order chi connectivity index (χ1) is 9.81. The van der Waals surface area contributed by atoms with Gasteiger partial charge in [0.2, 0.25) is 0 Å². The van der Waals surface area contributed by atoms with Gasteiger partial charge < -0.3 is 10.3 Å². The largest absolute Gasteiger partial charge is 0.349 e. The molecule has 1 amide bonds. The van der Waals surface area contributed by atoms with Crippen LogP contribution < -0.4 is 10.9 Å². The number of H-pyrrole nitrogens is 1. The van der Waals surface area contributed by atoms with Crippen LogP contribution in [0.2, 0.25) is 0 Å². The minimum atomic E-state index is -0.170. The van der Waals surface area contributed by atoms with E-state index in [1.165, 1.54) is 4.57 Å². The number of aromatic amines is 1. The third-order valence-electron chi connectivity index (χ3n) is 3.72. The molecule has 2 N–H and O–H groups in total. The number of amides is 1. The zero-order chi connectivity index (χ0) is 15.7. The molecule has 0 fully saturated rings. The Balaban J connectivity index is 2.44. The van der Waals surface area contributed by atoms with Gasteiger partial charge in [0, 0.05) is 18.7 Å². The maximum atomic E-state index is 12.2. The lowest BCUT2D eigenvalue weighted by molar-refractivity contribution is 0.0930. The number of rotatable bonds is 3. The fourth-order valence-corrected chi connectivity index (χ4v) is 2.10. The van der Waals surface area contributed by atoms with Gasteiger partial charge >= 0.3 is 0 Å². The van der Waals surface area contributed by atoms with Crippen LogP contribution >= 0.6 is 12.2 Å². The fraction of sp³-hybridized carbons (Fsp3) is 0.400. The SMILES string of the molecule is CC(C)[C@H](C)NC(=O)c1ccc2c(=O)n(C)c(=S)[nH]c2c1. The summed E-state index contributed by atoms with van der Waals surface area (Å²) in [5.74, 6) is 0.200. The van der Waals surface area contributed by atoms with Crippen LogP contribution in [0.25, 0.3) is 10.9 Å². The predicted octanol–water partition coefficient (Wildman–Crippen LogP) is 2.37. The molecule has 2 rings (SSSR count). The molecule has 0 saturated heterocycles. The summed E-state index contributed by atoms with van der Waals surface area (Å²) in [5, 5.41) is 3.45. The Kier molecular flexibility index (Phi) is 4.27. The van der Waals surface area contributed by atoms with E-state index in [9.17, 15) is 9.59 Å². The number of benzene rings is 1. The molecule has 0 spiro atoms. The lowest BCUT2D eigenvalue weighted by Crippen LogP contribution is -2.36. The number of hydrogen-bond acceptors (Lipinski definition) is 3. The number of carbonyl (C=O) groups is 1. The van der Waals surface area contributed by atoms with E-state index in [0.29, 0.717) is 27.2 Å². The van der Waals surface area contributed by atoms with Gasteiger partial charge in [-0.1, -0.05) is 13.8 Å². The van der Waals surface area contributed by atoms with E-state index in [1.54, 1.807) is 25.2 Å². The molecule has 5 nitrogen and oxygen atoms in total. The Morgan fingerprint density at radius 1 is 1.33 bits per heavy atom. The maximum Gasteiger partial charge on any atom is 0.261 e. The topological polar surface area (TPSA) is 66.9 Å². The molecule has 0 aliphatic heterocycles. The van der Waals surface area contributed by atoms with Crippen molar-refractivity contribution in [3.63, 3.8) is 0 Å². The monoisotopic (exact) mass is 305 g/mol.